The van der Waals surface area contributed by atoms with E-state index in [-0.39, 0.29) is 0 Å². The van der Waals surface area contributed by atoms with Crippen molar-refractivity contribution in [3.63, 3.8) is 0 Å². The summed E-state index contributed by atoms with van der Waals surface area (Å²) in [7, 11) is 0. The Balaban J connectivity index is 1.02. The number of anilines is 1. The number of hydrogen-bond acceptors (Lipinski definition) is 7. The number of thiazole rings is 1. The van der Waals surface area contributed by atoms with Gasteiger partial charge in [-0.3, -0.25) is 9.69 Å². The Bertz CT molecular complexity index is 965. The molecule has 0 radical (unpaired) electrons. The van der Waals surface area contributed by atoms with Gasteiger partial charge in [-0.05, 0) is 56.4 Å². The lowest BCUT2D eigenvalue weighted by molar-refractivity contribution is -0.119. The summed E-state index contributed by atoms with van der Waals surface area (Å²) in [5.41, 5.74) is 2.62. The average Bonchev–Trinajstić information content (AvgIpc) is 3.36. The summed E-state index contributed by atoms with van der Waals surface area (Å²) in [6, 6.07) is 1.87. The van der Waals surface area contributed by atoms with Crippen molar-refractivity contribution in [3.05, 3.63) is 28.1 Å². The van der Waals surface area contributed by atoms with Gasteiger partial charge in [-0.2, -0.15) is 0 Å². The van der Waals surface area contributed by atoms with Gasteiger partial charge in [0.05, 0.1) is 17.8 Å². The Labute approximate surface area is 201 Å². The van der Waals surface area contributed by atoms with Gasteiger partial charge in [0.25, 0.3) is 0 Å². The van der Waals surface area contributed by atoms with Crippen molar-refractivity contribution in [1.82, 2.24) is 15.0 Å². The lowest BCUT2D eigenvalue weighted by Crippen LogP contribution is -2.53. The van der Waals surface area contributed by atoms with E-state index < -0.39 is 0 Å². The smallest absolute Gasteiger partial charge is 0.185 e. The van der Waals surface area contributed by atoms with E-state index in [1.807, 2.05) is 24.3 Å². The standard InChI is InChI=1S/C26H38N4O2S/c1-18-12-22(32-28-18)14-21(31)13-20-6-4-19(5-7-20)8-10-29-11-9-24-23(15-29)27-25(33-24)30-16-26(2,3)17-30/h12,19-20H,4-11,13-17H2,1-3H3. The molecule has 2 aromatic heterocycles. The molecule has 1 saturated carbocycles. The van der Waals surface area contributed by atoms with Crippen LogP contribution in [-0.4, -0.2) is 47.0 Å². The van der Waals surface area contributed by atoms with Crippen molar-refractivity contribution < 1.29 is 9.32 Å². The van der Waals surface area contributed by atoms with Gasteiger partial charge in [-0.25, -0.2) is 4.98 Å². The van der Waals surface area contributed by atoms with E-state index in [0.29, 0.717) is 35.7 Å². The molecule has 180 valence electrons. The zero-order chi connectivity index (χ0) is 23.0. The van der Waals surface area contributed by atoms with Gasteiger partial charge < -0.3 is 9.42 Å². The normalized spacial score (nSPS) is 25.0. The molecule has 2 aromatic rings. The number of Topliss-reactive ketones (excluding diaryl/α,β-unsaturated/α-hetero) is 1. The Morgan fingerprint density at radius 2 is 1.97 bits per heavy atom. The van der Waals surface area contributed by atoms with E-state index >= 15 is 0 Å². The molecule has 2 fully saturated rings. The first kappa shape index (κ1) is 23.0. The van der Waals surface area contributed by atoms with Gasteiger partial charge in [0.1, 0.15) is 11.5 Å². The predicted octanol–water partition coefficient (Wildman–Crippen LogP) is 5.04. The fraction of sp³-hybridized carbons (Fsp3) is 0.731. The van der Waals surface area contributed by atoms with Crippen LogP contribution in [0.2, 0.25) is 0 Å². The summed E-state index contributed by atoms with van der Waals surface area (Å²) in [5.74, 6) is 2.36. The topological polar surface area (TPSA) is 62.5 Å². The minimum Gasteiger partial charge on any atom is -0.361 e. The second kappa shape index (κ2) is 9.49. The van der Waals surface area contributed by atoms with Crippen molar-refractivity contribution in [1.29, 1.82) is 0 Å². The lowest BCUT2D eigenvalue weighted by Gasteiger charge is -2.45. The second-order valence-corrected chi connectivity index (χ2v) is 12.5. The van der Waals surface area contributed by atoms with E-state index in [0.717, 1.165) is 37.7 Å². The molecule has 0 spiro atoms. The largest absolute Gasteiger partial charge is 0.361 e. The molecule has 0 N–H and O–H groups in total. The molecule has 0 amide bonds. The molecular formula is C26H38N4O2S. The second-order valence-electron chi connectivity index (χ2n) is 11.4. The fourth-order valence-corrected chi connectivity index (χ4v) is 6.92. The molecule has 7 heteroatoms. The maximum Gasteiger partial charge on any atom is 0.185 e. The maximum absolute atomic E-state index is 12.4. The Morgan fingerprint density at radius 1 is 1.21 bits per heavy atom. The third kappa shape index (κ3) is 5.68. The quantitative estimate of drug-likeness (QED) is 0.538. The zero-order valence-electron chi connectivity index (χ0n) is 20.4. The highest BCUT2D eigenvalue weighted by molar-refractivity contribution is 7.15. The predicted molar refractivity (Wildman–Crippen MR) is 132 cm³/mol. The van der Waals surface area contributed by atoms with E-state index in [1.54, 1.807) is 0 Å². The zero-order valence-corrected chi connectivity index (χ0v) is 21.3. The number of fused-ring (bicyclic) bond motifs is 1. The molecule has 3 aliphatic rings. The van der Waals surface area contributed by atoms with Gasteiger partial charge in [0, 0.05) is 43.5 Å². The van der Waals surface area contributed by atoms with Gasteiger partial charge in [0.15, 0.2) is 5.13 Å². The van der Waals surface area contributed by atoms with Crippen molar-refractivity contribution >= 4 is 22.3 Å². The molecule has 4 heterocycles. The molecule has 33 heavy (non-hydrogen) atoms. The number of ketones is 1. The van der Waals surface area contributed by atoms with Crippen molar-refractivity contribution in [3.8, 4) is 0 Å². The molecule has 6 nitrogen and oxygen atoms in total. The van der Waals surface area contributed by atoms with Crippen molar-refractivity contribution in [2.45, 2.75) is 78.7 Å². The Hall–Kier alpha value is -1.73. The summed E-state index contributed by atoms with van der Waals surface area (Å²) >= 11 is 1.93. The first-order chi connectivity index (χ1) is 15.8. The maximum atomic E-state index is 12.4. The number of carbonyl (C=O) groups excluding carboxylic acids is 1. The number of hydrogen-bond donors (Lipinski definition) is 0. The monoisotopic (exact) mass is 470 g/mol. The molecule has 0 bridgehead atoms. The minimum absolute atomic E-state index is 0.295. The average molecular weight is 471 g/mol. The summed E-state index contributed by atoms with van der Waals surface area (Å²) in [5, 5.41) is 5.12. The molecule has 1 saturated heterocycles. The van der Waals surface area contributed by atoms with Crippen molar-refractivity contribution in [2.24, 2.45) is 17.3 Å². The van der Waals surface area contributed by atoms with Crippen LogP contribution in [0.5, 0.6) is 0 Å². The lowest BCUT2D eigenvalue weighted by atomic mass is 9.78. The number of rotatable bonds is 8. The number of carbonyl (C=O) groups is 1. The first-order valence-electron chi connectivity index (χ1n) is 12.7. The van der Waals surface area contributed by atoms with Gasteiger partial charge in [-0.15, -0.1) is 11.3 Å². The molecule has 0 aromatic carbocycles. The van der Waals surface area contributed by atoms with Gasteiger partial charge in [0.2, 0.25) is 0 Å². The Morgan fingerprint density at radius 3 is 2.67 bits per heavy atom. The van der Waals surface area contributed by atoms with E-state index in [1.165, 1.54) is 60.9 Å². The SMILES string of the molecule is Cc1cc(CC(=O)CC2CCC(CCN3CCc4sc(N5CC(C)(C)C5)nc4C3)CC2)on1. The minimum atomic E-state index is 0.295. The highest BCUT2D eigenvalue weighted by Gasteiger charge is 2.36. The van der Waals surface area contributed by atoms with Crippen molar-refractivity contribution in [2.75, 3.05) is 31.1 Å². The highest BCUT2D eigenvalue weighted by Crippen LogP contribution is 2.38. The summed E-state index contributed by atoms with van der Waals surface area (Å²) < 4.78 is 5.20. The van der Waals surface area contributed by atoms with Crippen LogP contribution < -0.4 is 4.90 Å². The molecule has 2 aliphatic heterocycles. The van der Waals surface area contributed by atoms with Crippen LogP contribution in [0.4, 0.5) is 5.13 Å². The first-order valence-corrected chi connectivity index (χ1v) is 13.5. The highest BCUT2D eigenvalue weighted by atomic mass is 32.1. The fourth-order valence-electron chi connectivity index (χ4n) is 5.87. The van der Waals surface area contributed by atoms with Gasteiger partial charge in [-0.1, -0.05) is 31.8 Å². The van der Waals surface area contributed by atoms with Crippen LogP contribution >= 0.6 is 11.3 Å². The summed E-state index contributed by atoms with van der Waals surface area (Å²) in [6.45, 7) is 12.2. The van der Waals surface area contributed by atoms with Crippen LogP contribution in [-0.2, 0) is 24.2 Å². The van der Waals surface area contributed by atoms with Crippen LogP contribution in [0.1, 0.15) is 74.4 Å². The summed E-state index contributed by atoms with van der Waals surface area (Å²) in [4.78, 5) is 24.0. The van der Waals surface area contributed by atoms with Crippen LogP contribution in [0.25, 0.3) is 0 Å². The number of nitrogens with zero attached hydrogens (tertiary/aromatic N) is 4. The van der Waals surface area contributed by atoms with E-state index in [9.17, 15) is 4.79 Å². The van der Waals surface area contributed by atoms with E-state index in [4.69, 9.17) is 9.51 Å². The number of aromatic nitrogens is 2. The van der Waals surface area contributed by atoms with Crippen LogP contribution in [0, 0.1) is 24.2 Å². The number of aryl methyl sites for hydroxylation is 1. The summed E-state index contributed by atoms with van der Waals surface area (Å²) in [6.07, 6.45) is 8.45. The molecule has 1 aliphatic carbocycles. The Kier molecular flexibility index (Phi) is 6.62. The third-order valence-corrected chi connectivity index (χ3v) is 8.91. The van der Waals surface area contributed by atoms with E-state index in [2.05, 4.69) is 28.8 Å². The molecule has 5 rings (SSSR count). The molecule has 0 atom stereocenters. The molecular weight excluding hydrogens is 432 g/mol. The third-order valence-electron chi connectivity index (χ3n) is 7.69. The van der Waals surface area contributed by atoms with Crippen LogP contribution in [0.3, 0.4) is 0 Å². The van der Waals surface area contributed by atoms with Crippen LogP contribution in [0.15, 0.2) is 10.6 Å². The van der Waals surface area contributed by atoms with Gasteiger partial charge >= 0.3 is 0 Å². The molecule has 0 unspecified atom stereocenters.